The van der Waals surface area contributed by atoms with Crippen molar-refractivity contribution in [2.24, 2.45) is 0 Å². The Morgan fingerprint density at radius 1 is 1.12 bits per heavy atom. The third-order valence-corrected chi connectivity index (χ3v) is 4.01. The standard InChI is InChI=1S/C19H21FN2O3/c20-15-3-9-18(10-4-15)25-17-7-1-14(2-8-17)13-21-19(24)22(11-12-23)16-5-6-16/h1-4,7-10,16,23H,5-6,11-13H2,(H,21,24). The van der Waals surface area contributed by atoms with E-state index in [2.05, 4.69) is 5.32 Å². The van der Waals surface area contributed by atoms with Crippen LogP contribution < -0.4 is 10.1 Å². The van der Waals surface area contributed by atoms with Crippen molar-refractivity contribution in [1.29, 1.82) is 0 Å². The molecule has 0 aromatic heterocycles. The number of amides is 2. The van der Waals surface area contributed by atoms with Gasteiger partial charge in [-0.05, 0) is 54.8 Å². The molecule has 0 aliphatic heterocycles. The first-order valence-corrected chi connectivity index (χ1v) is 8.33. The van der Waals surface area contributed by atoms with Crippen LogP contribution >= 0.6 is 0 Å². The zero-order chi connectivity index (χ0) is 17.6. The lowest BCUT2D eigenvalue weighted by atomic mass is 10.2. The van der Waals surface area contributed by atoms with E-state index in [1.807, 2.05) is 12.1 Å². The number of aliphatic hydroxyl groups is 1. The summed E-state index contributed by atoms with van der Waals surface area (Å²) < 4.78 is 18.5. The maximum Gasteiger partial charge on any atom is 0.317 e. The van der Waals surface area contributed by atoms with Crippen molar-refractivity contribution in [3.63, 3.8) is 0 Å². The number of halogens is 1. The predicted octanol–water partition coefficient (Wildman–Crippen LogP) is 3.28. The number of carbonyl (C=O) groups excluding carboxylic acids is 1. The number of benzene rings is 2. The van der Waals surface area contributed by atoms with E-state index >= 15 is 0 Å². The summed E-state index contributed by atoms with van der Waals surface area (Å²) in [5.74, 6) is 0.896. The highest BCUT2D eigenvalue weighted by Crippen LogP contribution is 2.26. The number of urea groups is 1. The molecule has 2 amide bonds. The van der Waals surface area contributed by atoms with E-state index < -0.39 is 0 Å². The van der Waals surface area contributed by atoms with E-state index in [1.54, 1.807) is 29.2 Å². The van der Waals surface area contributed by atoms with Gasteiger partial charge in [0.05, 0.1) is 6.61 Å². The summed E-state index contributed by atoms with van der Waals surface area (Å²) in [7, 11) is 0. The summed E-state index contributed by atoms with van der Waals surface area (Å²) in [6, 6.07) is 13.3. The van der Waals surface area contributed by atoms with Crippen molar-refractivity contribution in [2.45, 2.75) is 25.4 Å². The molecule has 2 N–H and O–H groups in total. The second-order valence-corrected chi connectivity index (χ2v) is 6.01. The van der Waals surface area contributed by atoms with Gasteiger partial charge < -0.3 is 20.1 Å². The SMILES string of the molecule is O=C(NCc1ccc(Oc2ccc(F)cc2)cc1)N(CCO)C1CC1. The molecule has 1 fully saturated rings. The van der Waals surface area contributed by atoms with Gasteiger partial charge >= 0.3 is 6.03 Å². The van der Waals surface area contributed by atoms with Gasteiger partial charge in [-0.15, -0.1) is 0 Å². The molecule has 0 unspecified atom stereocenters. The molecule has 2 aromatic carbocycles. The maximum absolute atomic E-state index is 12.9. The lowest BCUT2D eigenvalue weighted by Gasteiger charge is -2.21. The van der Waals surface area contributed by atoms with Crippen molar-refractivity contribution in [1.82, 2.24) is 10.2 Å². The number of aliphatic hydroxyl groups excluding tert-OH is 1. The maximum atomic E-state index is 12.9. The molecule has 5 nitrogen and oxygen atoms in total. The lowest BCUT2D eigenvalue weighted by Crippen LogP contribution is -2.42. The quantitative estimate of drug-likeness (QED) is 0.810. The van der Waals surface area contributed by atoms with Crippen LogP contribution in [0.4, 0.5) is 9.18 Å². The van der Waals surface area contributed by atoms with Gasteiger partial charge in [0.25, 0.3) is 0 Å². The van der Waals surface area contributed by atoms with Crippen LogP contribution in [0.3, 0.4) is 0 Å². The Labute approximate surface area is 146 Å². The second-order valence-electron chi connectivity index (χ2n) is 6.01. The van der Waals surface area contributed by atoms with Crippen molar-refractivity contribution in [2.75, 3.05) is 13.2 Å². The Morgan fingerprint density at radius 2 is 1.72 bits per heavy atom. The Kier molecular flexibility index (Phi) is 5.50. The van der Waals surface area contributed by atoms with E-state index in [0.29, 0.717) is 24.6 Å². The van der Waals surface area contributed by atoms with E-state index in [9.17, 15) is 9.18 Å². The summed E-state index contributed by atoms with van der Waals surface area (Å²) in [5, 5.41) is 11.9. The van der Waals surface area contributed by atoms with Crippen molar-refractivity contribution in [3.8, 4) is 11.5 Å². The predicted molar refractivity (Wildman–Crippen MR) is 92.0 cm³/mol. The van der Waals surface area contributed by atoms with Gasteiger partial charge in [-0.2, -0.15) is 0 Å². The fraction of sp³-hybridized carbons (Fsp3) is 0.316. The smallest absolute Gasteiger partial charge is 0.317 e. The van der Waals surface area contributed by atoms with E-state index in [4.69, 9.17) is 9.84 Å². The number of nitrogens with zero attached hydrogens (tertiary/aromatic N) is 1. The minimum absolute atomic E-state index is 0.0284. The Bertz CT molecular complexity index is 700. The molecule has 1 saturated carbocycles. The molecule has 1 aliphatic rings. The monoisotopic (exact) mass is 344 g/mol. The van der Waals surface area contributed by atoms with Crippen LogP contribution in [0.2, 0.25) is 0 Å². The minimum atomic E-state index is -0.306. The summed E-state index contributed by atoms with van der Waals surface area (Å²) in [4.78, 5) is 13.9. The molecule has 132 valence electrons. The number of ether oxygens (including phenoxy) is 1. The van der Waals surface area contributed by atoms with Crippen LogP contribution in [0.15, 0.2) is 48.5 Å². The average molecular weight is 344 g/mol. The zero-order valence-corrected chi connectivity index (χ0v) is 13.8. The molecule has 2 aromatic rings. The minimum Gasteiger partial charge on any atom is -0.457 e. The van der Waals surface area contributed by atoms with Crippen LogP contribution in [0.25, 0.3) is 0 Å². The Balaban J connectivity index is 1.51. The van der Waals surface area contributed by atoms with Gasteiger partial charge in [0, 0.05) is 19.1 Å². The van der Waals surface area contributed by atoms with E-state index in [-0.39, 0.29) is 24.5 Å². The van der Waals surface area contributed by atoms with Crippen molar-refractivity contribution < 1.29 is 19.0 Å². The molecule has 0 spiro atoms. The number of rotatable bonds is 7. The van der Waals surface area contributed by atoms with Crippen LogP contribution in [0, 0.1) is 5.82 Å². The number of hydrogen-bond acceptors (Lipinski definition) is 3. The molecular formula is C19H21FN2O3. The first-order chi connectivity index (χ1) is 12.2. The molecular weight excluding hydrogens is 323 g/mol. The molecule has 1 aliphatic carbocycles. The number of nitrogens with one attached hydrogen (secondary N) is 1. The largest absolute Gasteiger partial charge is 0.457 e. The zero-order valence-electron chi connectivity index (χ0n) is 13.8. The highest BCUT2D eigenvalue weighted by Gasteiger charge is 2.31. The first kappa shape index (κ1) is 17.2. The third-order valence-electron chi connectivity index (χ3n) is 4.01. The average Bonchev–Trinajstić information content (AvgIpc) is 3.46. The number of hydrogen-bond donors (Lipinski definition) is 2. The number of carbonyl (C=O) groups is 1. The Hall–Kier alpha value is -2.60. The first-order valence-electron chi connectivity index (χ1n) is 8.33. The third kappa shape index (κ3) is 4.93. The van der Waals surface area contributed by atoms with Gasteiger partial charge in [-0.25, -0.2) is 9.18 Å². The van der Waals surface area contributed by atoms with Gasteiger partial charge in [0.15, 0.2) is 0 Å². The molecule has 0 radical (unpaired) electrons. The van der Waals surface area contributed by atoms with E-state index in [0.717, 1.165) is 18.4 Å². The normalized spacial score (nSPS) is 13.4. The van der Waals surface area contributed by atoms with E-state index in [1.165, 1.54) is 12.1 Å². The summed E-state index contributed by atoms with van der Waals surface area (Å²) in [6.07, 6.45) is 2.01. The molecule has 6 heteroatoms. The topological polar surface area (TPSA) is 61.8 Å². The molecule has 0 atom stereocenters. The molecule has 25 heavy (non-hydrogen) atoms. The summed E-state index contributed by atoms with van der Waals surface area (Å²) >= 11 is 0. The van der Waals surface area contributed by atoms with Crippen molar-refractivity contribution in [3.05, 3.63) is 59.9 Å². The second kappa shape index (κ2) is 7.98. The van der Waals surface area contributed by atoms with Crippen LogP contribution in [0.5, 0.6) is 11.5 Å². The fourth-order valence-electron chi connectivity index (χ4n) is 2.54. The molecule has 0 saturated heterocycles. The lowest BCUT2D eigenvalue weighted by molar-refractivity contribution is 0.173. The highest BCUT2D eigenvalue weighted by atomic mass is 19.1. The summed E-state index contributed by atoms with van der Waals surface area (Å²) in [6.45, 7) is 0.741. The van der Waals surface area contributed by atoms with Gasteiger partial charge in [-0.1, -0.05) is 12.1 Å². The van der Waals surface area contributed by atoms with Gasteiger partial charge in [-0.3, -0.25) is 0 Å². The molecule has 3 rings (SSSR count). The van der Waals surface area contributed by atoms with Crippen LogP contribution in [-0.4, -0.2) is 35.2 Å². The fourth-order valence-corrected chi connectivity index (χ4v) is 2.54. The highest BCUT2D eigenvalue weighted by molar-refractivity contribution is 5.74. The Morgan fingerprint density at radius 3 is 2.28 bits per heavy atom. The molecule has 0 heterocycles. The summed E-state index contributed by atoms with van der Waals surface area (Å²) in [5.41, 5.74) is 0.944. The van der Waals surface area contributed by atoms with Crippen molar-refractivity contribution >= 4 is 6.03 Å². The van der Waals surface area contributed by atoms with Crippen LogP contribution in [0.1, 0.15) is 18.4 Å². The molecule has 0 bridgehead atoms. The van der Waals surface area contributed by atoms with Crippen LogP contribution in [-0.2, 0) is 6.54 Å². The van der Waals surface area contributed by atoms with Gasteiger partial charge in [0.2, 0.25) is 0 Å². The van der Waals surface area contributed by atoms with Gasteiger partial charge in [0.1, 0.15) is 17.3 Å².